The third kappa shape index (κ3) is 7.65. The van der Waals surface area contributed by atoms with Crippen LogP contribution in [0, 0.1) is 6.92 Å². The number of carbonyl (C=O) groups excluding carboxylic acids is 1. The van der Waals surface area contributed by atoms with Gasteiger partial charge in [-0.1, -0.05) is 6.92 Å². The predicted octanol–water partition coefficient (Wildman–Crippen LogP) is 6.13. The van der Waals surface area contributed by atoms with Gasteiger partial charge in [-0.2, -0.15) is 31.5 Å². The van der Waals surface area contributed by atoms with Gasteiger partial charge in [-0.15, -0.1) is 5.43 Å². The number of carbonyl (C=O) groups is 1. The molecule has 3 rings (SSSR count). The summed E-state index contributed by atoms with van der Waals surface area (Å²) in [5, 5.41) is 7.21. The third-order valence-electron chi connectivity index (χ3n) is 6.76. The molecule has 16 heteroatoms. The molecular formula is C27H34F6N7O3+. The molecule has 43 heavy (non-hydrogen) atoms. The number of halogens is 6. The standard InChI is InChI=1S/C27H33F6N7O3/c1-7-19-12-20(22-21(8-15(4)23(36-22)42-6)40(19)25(41)43-14(2)3)39(24(34)37-38-35-5)13-16-9-17(26(28,29)30)11-18(10-16)27(31,32)33/h8-11,14,19-20H,7,12-13H2,1-6H3,(H2,34,35,37)/p+1. The molecule has 0 saturated carbocycles. The van der Waals surface area contributed by atoms with Crippen molar-refractivity contribution in [1.29, 1.82) is 0 Å². The van der Waals surface area contributed by atoms with Crippen molar-refractivity contribution in [2.24, 2.45) is 16.1 Å². The summed E-state index contributed by atoms with van der Waals surface area (Å²) in [6, 6.07) is 1.62. The largest absolute Gasteiger partial charge is 0.481 e. The number of benzene rings is 1. The number of anilines is 1. The molecule has 0 aliphatic carbocycles. The van der Waals surface area contributed by atoms with Crippen molar-refractivity contribution in [3.05, 3.63) is 52.2 Å². The van der Waals surface area contributed by atoms with Crippen molar-refractivity contribution in [2.45, 2.75) is 77.6 Å². The van der Waals surface area contributed by atoms with Gasteiger partial charge in [-0.05, 0) is 62.2 Å². The van der Waals surface area contributed by atoms with Crippen molar-refractivity contribution >= 4 is 17.7 Å². The van der Waals surface area contributed by atoms with Gasteiger partial charge in [0, 0.05) is 18.0 Å². The summed E-state index contributed by atoms with van der Waals surface area (Å²) in [6.07, 6.45) is -10.6. The molecule has 0 bridgehead atoms. The molecule has 0 radical (unpaired) electrons. The number of ether oxygens (including phenoxy) is 2. The summed E-state index contributed by atoms with van der Waals surface area (Å²) in [5.74, 6) is -0.0176. The minimum atomic E-state index is -5.04. The molecule has 2 atom stereocenters. The highest BCUT2D eigenvalue weighted by molar-refractivity contribution is 5.90. The second-order valence-electron chi connectivity index (χ2n) is 10.2. The van der Waals surface area contributed by atoms with Crippen molar-refractivity contribution in [1.82, 2.24) is 10.4 Å². The molecule has 3 N–H and O–H groups in total. The second-order valence-corrected chi connectivity index (χ2v) is 10.2. The molecule has 0 saturated heterocycles. The van der Waals surface area contributed by atoms with Gasteiger partial charge < -0.3 is 9.47 Å². The Labute approximate surface area is 244 Å². The molecular weight excluding hydrogens is 584 g/mol. The minimum absolute atomic E-state index is 0.0564. The summed E-state index contributed by atoms with van der Waals surface area (Å²) in [4.78, 5) is 19.3. The molecule has 1 aromatic carbocycles. The number of nitrogens with one attached hydrogen (secondary N) is 1. The molecule has 1 aromatic heterocycles. The summed E-state index contributed by atoms with van der Waals surface area (Å²) < 4.78 is 94.2. The van der Waals surface area contributed by atoms with Crippen LogP contribution in [0.25, 0.3) is 0 Å². The number of nitrogens with zero attached hydrogens (tertiary/aromatic N) is 5. The number of hydrogen-bond donors (Lipinski definition) is 2. The number of alkyl halides is 6. The van der Waals surface area contributed by atoms with Crippen molar-refractivity contribution < 1.29 is 45.2 Å². The van der Waals surface area contributed by atoms with E-state index in [4.69, 9.17) is 15.2 Å². The first-order valence-electron chi connectivity index (χ1n) is 13.3. The molecule has 2 unspecified atom stereocenters. The van der Waals surface area contributed by atoms with E-state index in [9.17, 15) is 31.1 Å². The molecule has 0 spiro atoms. The Morgan fingerprint density at radius 2 is 1.77 bits per heavy atom. The number of methoxy groups -OCH3 is 1. The van der Waals surface area contributed by atoms with Crippen molar-refractivity contribution in [3.63, 3.8) is 0 Å². The summed E-state index contributed by atoms with van der Waals surface area (Å²) in [5.41, 5.74) is 6.68. The first-order chi connectivity index (χ1) is 20.0. The average Bonchev–Trinajstić information content (AvgIpc) is 2.91. The number of aromatic nitrogens is 1. The van der Waals surface area contributed by atoms with Crippen LogP contribution >= 0.6 is 0 Å². The summed E-state index contributed by atoms with van der Waals surface area (Å²) in [7, 11) is 2.73. The highest BCUT2D eigenvalue weighted by Crippen LogP contribution is 2.43. The SMILES string of the molecule is CCC1CC([N+](Cc2cc(C(F)(F)F)cc(C(F)(F)F)c2)=C(N)NN=NC)c2nc(OC)c(C)cc2N1C(=O)OC(C)C. The Bertz CT molecular complexity index is 1360. The van der Waals surface area contributed by atoms with Crippen molar-refractivity contribution in [3.8, 4) is 5.88 Å². The zero-order valence-electron chi connectivity index (χ0n) is 24.5. The fourth-order valence-corrected chi connectivity index (χ4v) is 4.88. The van der Waals surface area contributed by atoms with Crippen LogP contribution in [0.15, 0.2) is 34.6 Å². The Balaban J connectivity index is 2.29. The topological polar surface area (TPSA) is 117 Å². The summed E-state index contributed by atoms with van der Waals surface area (Å²) >= 11 is 0. The van der Waals surface area contributed by atoms with Crippen LogP contribution < -0.4 is 20.8 Å². The van der Waals surface area contributed by atoms with E-state index in [-0.39, 0.29) is 35.6 Å². The van der Waals surface area contributed by atoms with Gasteiger partial charge in [0.25, 0.3) is 0 Å². The number of hydrogen-bond acceptors (Lipinski definition) is 6. The van der Waals surface area contributed by atoms with Crippen LogP contribution in [0.5, 0.6) is 5.88 Å². The second kappa shape index (κ2) is 13.0. The maximum Gasteiger partial charge on any atom is 0.416 e. The molecule has 2 heterocycles. The fraction of sp³-hybridized carbons (Fsp3) is 0.519. The molecule has 1 aliphatic rings. The zero-order chi connectivity index (χ0) is 32.3. The van der Waals surface area contributed by atoms with Crippen LogP contribution in [-0.4, -0.2) is 47.9 Å². The lowest BCUT2D eigenvalue weighted by Crippen LogP contribution is -2.49. The normalized spacial score (nSPS) is 18.0. The lowest BCUT2D eigenvalue weighted by atomic mass is 9.92. The van der Waals surface area contributed by atoms with Crippen molar-refractivity contribution in [2.75, 3.05) is 19.1 Å². The Kier molecular flexibility index (Phi) is 10.1. The molecule has 10 nitrogen and oxygen atoms in total. The van der Waals surface area contributed by atoms with E-state index >= 15 is 0 Å². The predicted molar refractivity (Wildman–Crippen MR) is 145 cm³/mol. The quantitative estimate of drug-likeness (QED) is 0.0964. The van der Waals surface area contributed by atoms with Crippen LogP contribution in [0.3, 0.4) is 0 Å². The molecule has 2 aromatic rings. The molecule has 0 fully saturated rings. The van der Waals surface area contributed by atoms with E-state index in [1.165, 1.54) is 23.6 Å². The Morgan fingerprint density at radius 3 is 2.26 bits per heavy atom. The van der Waals surface area contributed by atoms with Gasteiger partial charge in [0.15, 0.2) is 0 Å². The number of aryl methyl sites for hydroxylation is 1. The average molecular weight is 619 g/mol. The maximum atomic E-state index is 13.7. The van der Waals surface area contributed by atoms with Gasteiger partial charge in [0.2, 0.25) is 5.88 Å². The van der Waals surface area contributed by atoms with E-state index in [1.54, 1.807) is 26.8 Å². The number of nitrogens with two attached hydrogens (primary N) is 1. The van der Waals surface area contributed by atoms with Gasteiger partial charge in [0.05, 0.1) is 43.6 Å². The lowest BCUT2D eigenvalue weighted by Gasteiger charge is -2.40. The number of pyridine rings is 1. The van der Waals surface area contributed by atoms with Gasteiger partial charge in [0.1, 0.15) is 11.7 Å². The lowest BCUT2D eigenvalue weighted by molar-refractivity contribution is -0.593. The fourth-order valence-electron chi connectivity index (χ4n) is 4.88. The van der Waals surface area contributed by atoms with E-state index < -0.39 is 54.3 Å². The third-order valence-corrected chi connectivity index (χ3v) is 6.76. The molecule has 236 valence electrons. The Morgan fingerprint density at radius 1 is 1.16 bits per heavy atom. The first-order valence-corrected chi connectivity index (χ1v) is 13.3. The van der Waals surface area contributed by atoms with Gasteiger partial charge in [-0.3, -0.25) is 15.2 Å². The van der Waals surface area contributed by atoms with Crippen LogP contribution in [0.4, 0.5) is 36.8 Å². The summed E-state index contributed by atoms with van der Waals surface area (Å²) in [6.45, 7) is 6.42. The van der Waals surface area contributed by atoms with E-state index in [0.717, 1.165) is 0 Å². The highest BCUT2D eigenvalue weighted by Gasteiger charge is 2.42. The molecule has 1 aliphatic heterocycles. The van der Waals surface area contributed by atoms with Gasteiger partial charge in [-0.25, -0.2) is 9.78 Å². The number of amides is 1. The van der Waals surface area contributed by atoms with Crippen LogP contribution in [0.2, 0.25) is 0 Å². The first kappa shape index (κ1) is 33.4. The number of guanidine groups is 1. The maximum absolute atomic E-state index is 13.7. The monoisotopic (exact) mass is 618 g/mol. The van der Waals surface area contributed by atoms with E-state index in [1.807, 2.05) is 6.92 Å². The minimum Gasteiger partial charge on any atom is -0.481 e. The van der Waals surface area contributed by atoms with E-state index in [0.29, 0.717) is 29.8 Å². The van der Waals surface area contributed by atoms with Crippen LogP contribution in [-0.2, 0) is 23.6 Å². The highest BCUT2D eigenvalue weighted by atomic mass is 19.4. The Hall–Kier alpha value is -4.11. The smallest absolute Gasteiger partial charge is 0.416 e. The van der Waals surface area contributed by atoms with Gasteiger partial charge >= 0.3 is 24.4 Å². The van der Waals surface area contributed by atoms with Crippen LogP contribution in [0.1, 0.15) is 67.6 Å². The number of rotatable bonds is 7. The molecule has 1 amide bonds. The van der Waals surface area contributed by atoms with E-state index in [2.05, 4.69) is 20.7 Å². The zero-order valence-corrected chi connectivity index (χ0v) is 24.5. The number of fused-ring (bicyclic) bond motifs is 1.